The van der Waals surface area contributed by atoms with Crippen molar-refractivity contribution in [2.75, 3.05) is 45.0 Å². The van der Waals surface area contributed by atoms with E-state index in [1.165, 1.54) is 7.11 Å². The first-order chi connectivity index (χ1) is 17.6. The highest BCUT2D eigenvalue weighted by Gasteiger charge is 2.35. The van der Waals surface area contributed by atoms with E-state index in [1.807, 2.05) is 6.08 Å². The van der Waals surface area contributed by atoms with Gasteiger partial charge in [0.15, 0.2) is 6.29 Å². The molecule has 0 amide bonds. The molecule has 0 aromatic heterocycles. The van der Waals surface area contributed by atoms with Crippen molar-refractivity contribution in [1.29, 1.82) is 0 Å². The molecule has 1 rings (SSSR count). The van der Waals surface area contributed by atoms with E-state index < -0.39 is 40.5 Å². The third-order valence-corrected chi connectivity index (χ3v) is 6.12. The van der Waals surface area contributed by atoms with Gasteiger partial charge in [0, 0.05) is 18.6 Å². The number of benzene rings is 1. The average Bonchev–Trinajstić information content (AvgIpc) is 2.85. The Morgan fingerprint density at radius 1 is 0.973 bits per heavy atom. The molecule has 0 aliphatic heterocycles. The number of rotatable bonds is 19. The summed E-state index contributed by atoms with van der Waals surface area (Å²) in [4.78, 5) is 64.8. The molecule has 0 saturated heterocycles. The first-order valence-corrected chi connectivity index (χ1v) is 12.5. The number of hydrogen-bond donors (Lipinski definition) is 0. The maximum Gasteiger partial charge on any atom is 0.312 e. The molecule has 0 unspecified atom stereocenters. The van der Waals surface area contributed by atoms with E-state index in [2.05, 4.69) is 21.1 Å². The number of esters is 1. The van der Waals surface area contributed by atoms with Crippen LogP contribution in [0.2, 0.25) is 0 Å². The summed E-state index contributed by atoms with van der Waals surface area (Å²) in [5, 5.41) is 26.9. The van der Waals surface area contributed by atoms with Crippen molar-refractivity contribution in [3.05, 3.63) is 72.8 Å². The molecular formula is C19H25N3O13S2. The monoisotopic (exact) mass is 567 g/mol. The van der Waals surface area contributed by atoms with Crippen LogP contribution >= 0.6 is 21.6 Å². The van der Waals surface area contributed by atoms with E-state index in [0.29, 0.717) is 29.8 Å². The van der Waals surface area contributed by atoms with Gasteiger partial charge in [0.2, 0.25) is 0 Å². The van der Waals surface area contributed by atoms with Gasteiger partial charge in [-0.2, -0.15) is 0 Å². The fourth-order valence-electron chi connectivity index (χ4n) is 2.25. The Morgan fingerprint density at radius 3 is 1.97 bits per heavy atom. The summed E-state index contributed by atoms with van der Waals surface area (Å²) in [6, 6.07) is 6.68. The van der Waals surface area contributed by atoms with Crippen LogP contribution in [0.15, 0.2) is 36.9 Å². The number of nitrogens with zero attached hydrogens (tertiary/aromatic N) is 3. The zero-order valence-corrected chi connectivity index (χ0v) is 21.2. The molecular weight excluding hydrogens is 542 g/mol. The first-order valence-electron chi connectivity index (χ1n) is 10.00. The number of carbonyl (C=O) groups excluding carboxylic acids is 2. The Kier molecular flexibility index (Phi) is 17.6. The summed E-state index contributed by atoms with van der Waals surface area (Å²) in [5.41, 5.74) is -1.18. The molecule has 0 saturated carbocycles. The van der Waals surface area contributed by atoms with Gasteiger partial charge in [-0.05, 0) is 12.1 Å². The number of aldehydes is 1. The van der Waals surface area contributed by atoms with Crippen molar-refractivity contribution in [3.63, 3.8) is 0 Å². The second kappa shape index (κ2) is 19.5. The van der Waals surface area contributed by atoms with Crippen LogP contribution in [-0.4, -0.2) is 72.6 Å². The minimum atomic E-state index is -1.57. The van der Waals surface area contributed by atoms with Gasteiger partial charge >= 0.3 is 5.97 Å². The standard InChI is InChI=1S/C13H14O3S2.C6H11N3O10/c1-2-8-17-18-9-7-13(15)16-12-6-4-3-5-11(12)10-14;1-16-2-6(3-17-7(10)11,4-18-8(12)13)5-19-9(14)15/h2-6,10H,1,7-9H2;2-5H2,1H3. The molecule has 37 heavy (non-hydrogen) atoms. The number of carbonyl (C=O) groups is 2. The minimum absolute atomic E-state index is 0.321. The molecule has 16 nitrogen and oxygen atoms in total. The predicted octanol–water partition coefficient (Wildman–Crippen LogP) is 2.61. The lowest BCUT2D eigenvalue weighted by Gasteiger charge is -2.29. The van der Waals surface area contributed by atoms with E-state index >= 15 is 0 Å². The summed E-state index contributed by atoms with van der Waals surface area (Å²) >= 11 is 0. The lowest BCUT2D eigenvalue weighted by atomic mass is 9.92. The predicted molar refractivity (Wildman–Crippen MR) is 130 cm³/mol. The molecule has 0 N–H and O–H groups in total. The molecule has 0 radical (unpaired) electrons. The first kappa shape index (κ1) is 33.4. The third-order valence-electron chi connectivity index (χ3n) is 3.81. The van der Waals surface area contributed by atoms with Gasteiger partial charge < -0.3 is 24.0 Å². The molecule has 0 aliphatic rings. The second-order valence-corrected chi connectivity index (χ2v) is 9.33. The maximum absolute atomic E-state index is 11.5. The van der Waals surface area contributed by atoms with Crippen molar-refractivity contribution in [3.8, 4) is 5.75 Å². The molecule has 18 heteroatoms. The minimum Gasteiger partial charge on any atom is -0.426 e. The van der Waals surface area contributed by atoms with Gasteiger partial charge in [0.05, 0.1) is 24.0 Å². The summed E-state index contributed by atoms with van der Waals surface area (Å²) in [5.74, 6) is 1.53. The number of ether oxygens (including phenoxy) is 2. The van der Waals surface area contributed by atoms with E-state index in [0.717, 1.165) is 5.75 Å². The van der Waals surface area contributed by atoms with Crippen molar-refractivity contribution in [2.45, 2.75) is 6.42 Å². The Labute approximate surface area is 218 Å². The zero-order chi connectivity index (χ0) is 28.1. The van der Waals surface area contributed by atoms with Gasteiger partial charge in [0.25, 0.3) is 15.3 Å². The third kappa shape index (κ3) is 16.6. The maximum atomic E-state index is 11.5. The van der Waals surface area contributed by atoms with E-state index in [-0.39, 0.29) is 12.6 Å². The van der Waals surface area contributed by atoms with E-state index in [1.54, 1.807) is 45.9 Å². The Bertz CT molecular complexity index is 858. The fraction of sp³-hybridized carbons (Fsp3) is 0.474. The largest absolute Gasteiger partial charge is 0.426 e. The van der Waals surface area contributed by atoms with Gasteiger partial charge in [-0.3, -0.25) is 9.59 Å². The van der Waals surface area contributed by atoms with Gasteiger partial charge in [-0.25, -0.2) is 0 Å². The quantitative estimate of drug-likeness (QED) is 0.0344. The van der Waals surface area contributed by atoms with Gasteiger partial charge in [0.1, 0.15) is 25.6 Å². The normalized spacial score (nSPS) is 10.2. The Balaban J connectivity index is 0.000000701. The van der Waals surface area contributed by atoms with Crippen LogP contribution in [0.3, 0.4) is 0 Å². The average molecular weight is 568 g/mol. The van der Waals surface area contributed by atoms with Crippen LogP contribution in [0.1, 0.15) is 16.8 Å². The fourth-order valence-corrected chi connectivity index (χ4v) is 3.99. The number of hydrogen-bond acceptors (Lipinski definition) is 15. The summed E-state index contributed by atoms with van der Waals surface area (Å²) < 4.78 is 9.83. The van der Waals surface area contributed by atoms with Crippen molar-refractivity contribution < 1.29 is 48.8 Å². The van der Waals surface area contributed by atoms with Crippen molar-refractivity contribution >= 4 is 33.8 Å². The summed E-state index contributed by atoms with van der Waals surface area (Å²) in [6.45, 7) is 1.08. The zero-order valence-electron chi connectivity index (χ0n) is 19.6. The van der Waals surface area contributed by atoms with Crippen LogP contribution in [0.25, 0.3) is 0 Å². The second-order valence-electron chi connectivity index (χ2n) is 6.70. The van der Waals surface area contributed by atoms with E-state index in [4.69, 9.17) is 9.47 Å². The number of methoxy groups -OCH3 is 1. The van der Waals surface area contributed by atoms with Crippen molar-refractivity contribution in [1.82, 2.24) is 0 Å². The Hall–Kier alpha value is -3.64. The van der Waals surface area contributed by atoms with Crippen LogP contribution in [0, 0.1) is 35.8 Å². The van der Waals surface area contributed by atoms with Crippen LogP contribution in [0.5, 0.6) is 5.75 Å². The highest BCUT2D eigenvalue weighted by Crippen LogP contribution is 2.23. The summed E-state index contributed by atoms with van der Waals surface area (Å²) in [6.07, 6.45) is 2.82. The lowest BCUT2D eigenvalue weighted by molar-refractivity contribution is -0.782. The summed E-state index contributed by atoms with van der Waals surface area (Å²) in [7, 11) is 4.44. The molecule has 0 fully saturated rings. The van der Waals surface area contributed by atoms with Crippen LogP contribution in [0.4, 0.5) is 0 Å². The molecule has 1 aromatic carbocycles. The topological polar surface area (TPSA) is 210 Å². The van der Waals surface area contributed by atoms with Crippen LogP contribution in [-0.2, 0) is 24.0 Å². The highest BCUT2D eigenvalue weighted by molar-refractivity contribution is 8.76. The lowest BCUT2D eigenvalue weighted by Crippen LogP contribution is -2.43. The van der Waals surface area contributed by atoms with E-state index in [9.17, 15) is 39.9 Å². The molecule has 0 spiro atoms. The smallest absolute Gasteiger partial charge is 0.312 e. The molecule has 0 bridgehead atoms. The Morgan fingerprint density at radius 2 is 1.51 bits per heavy atom. The van der Waals surface area contributed by atoms with Gasteiger partial charge in [-0.1, -0.05) is 39.8 Å². The molecule has 0 heterocycles. The molecule has 206 valence electrons. The number of para-hydroxylation sites is 1. The van der Waals surface area contributed by atoms with Gasteiger partial charge in [-0.15, -0.1) is 36.9 Å². The molecule has 0 aliphatic carbocycles. The molecule has 0 atom stereocenters. The molecule has 1 aromatic rings. The highest BCUT2D eigenvalue weighted by atomic mass is 33.1. The SMILES string of the molecule is C=CCSSCCC(=O)Oc1ccccc1C=O.COCC(CO[N+](=O)[O-])(CO[N+](=O)[O-])CO[N+](=O)[O-]. The van der Waals surface area contributed by atoms with Crippen molar-refractivity contribution in [2.24, 2.45) is 5.41 Å². The van der Waals surface area contributed by atoms with Crippen LogP contribution < -0.4 is 4.74 Å².